The molecule has 1 aromatic heterocycles. The first-order valence-electron chi connectivity index (χ1n) is 12.7. The van der Waals surface area contributed by atoms with E-state index in [9.17, 15) is 14.4 Å². The summed E-state index contributed by atoms with van der Waals surface area (Å²) in [6.45, 7) is 9.13. The van der Waals surface area contributed by atoms with E-state index in [4.69, 9.17) is 0 Å². The molecule has 1 N–H and O–H groups in total. The molecule has 2 amide bonds. The third-order valence-electron chi connectivity index (χ3n) is 6.23. The van der Waals surface area contributed by atoms with Gasteiger partial charge >= 0.3 is 0 Å². The molecule has 0 radical (unpaired) electrons. The molecule has 0 aliphatic carbocycles. The van der Waals surface area contributed by atoms with Crippen molar-refractivity contribution in [3.63, 3.8) is 0 Å². The predicted octanol–water partition coefficient (Wildman–Crippen LogP) is 4.89. The predicted molar refractivity (Wildman–Crippen MR) is 148 cm³/mol. The minimum absolute atomic E-state index is 0.0827. The number of nitrogens with one attached hydrogen (secondary N) is 1. The normalized spacial score (nSPS) is 12.2. The van der Waals surface area contributed by atoms with Gasteiger partial charge in [-0.2, -0.15) is 0 Å². The van der Waals surface area contributed by atoms with Crippen molar-refractivity contribution in [2.45, 2.75) is 59.2 Å². The monoisotopic (exact) mass is 511 g/mol. The van der Waals surface area contributed by atoms with Gasteiger partial charge in [-0.15, -0.1) is 5.10 Å². The molecule has 8 nitrogen and oxygen atoms in total. The van der Waals surface area contributed by atoms with Gasteiger partial charge in [0.2, 0.25) is 11.8 Å². The first kappa shape index (κ1) is 26.7. The van der Waals surface area contributed by atoms with Crippen LogP contribution in [-0.4, -0.2) is 38.1 Å². The van der Waals surface area contributed by atoms with Gasteiger partial charge in [-0.05, 0) is 81.6 Å². The van der Waals surface area contributed by atoms with Crippen molar-refractivity contribution in [1.29, 1.82) is 0 Å². The summed E-state index contributed by atoms with van der Waals surface area (Å²) in [5.74, 6) is -0.736. The van der Waals surface area contributed by atoms with E-state index in [1.54, 1.807) is 24.3 Å². The lowest BCUT2D eigenvalue weighted by Crippen LogP contribution is -2.50. The fourth-order valence-corrected chi connectivity index (χ4v) is 4.32. The highest BCUT2D eigenvalue weighted by Gasteiger charge is 2.35. The molecule has 4 aromatic rings. The summed E-state index contributed by atoms with van der Waals surface area (Å²) in [5, 5.41) is 11.4. The maximum absolute atomic E-state index is 14.1. The van der Waals surface area contributed by atoms with Crippen LogP contribution in [0.1, 0.15) is 62.1 Å². The Hall–Kier alpha value is -4.33. The molecule has 196 valence electrons. The quantitative estimate of drug-likeness (QED) is 0.340. The molecule has 8 heteroatoms. The van der Waals surface area contributed by atoms with E-state index in [1.165, 1.54) is 16.5 Å². The number of hydrogen-bond donors (Lipinski definition) is 1. The van der Waals surface area contributed by atoms with Crippen molar-refractivity contribution in [3.05, 3.63) is 89.5 Å². The number of anilines is 1. The molecule has 0 fully saturated rings. The number of hydrogen-bond acceptors (Lipinski definition) is 5. The molecule has 38 heavy (non-hydrogen) atoms. The number of nitrogens with zero attached hydrogens (tertiary/aromatic N) is 4. The van der Waals surface area contributed by atoms with Gasteiger partial charge in [-0.25, -0.2) is 4.68 Å². The smallest absolute Gasteiger partial charge is 0.249 e. The van der Waals surface area contributed by atoms with Crippen LogP contribution in [-0.2, 0) is 22.6 Å². The third kappa shape index (κ3) is 5.96. The van der Waals surface area contributed by atoms with Gasteiger partial charge in [0.1, 0.15) is 18.1 Å². The summed E-state index contributed by atoms with van der Waals surface area (Å²) in [6.07, 6.45) is 0.855. The highest BCUT2D eigenvalue weighted by Crippen LogP contribution is 2.30. The lowest BCUT2D eigenvalue weighted by Gasteiger charge is -2.34. The number of carbonyl (C=O) groups excluding carboxylic acids is 3. The van der Waals surface area contributed by atoms with Crippen molar-refractivity contribution in [3.8, 4) is 0 Å². The van der Waals surface area contributed by atoms with Crippen molar-refractivity contribution < 1.29 is 14.4 Å². The van der Waals surface area contributed by atoms with Gasteiger partial charge in [0, 0.05) is 16.8 Å². The van der Waals surface area contributed by atoms with Gasteiger partial charge in [-0.3, -0.25) is 19.3 Å². The number of Topliss-reactive ketones (excluding diaryl/α,β-unsaturated/α-hetero) is 1. The van der Waals surface area contributed by atoms with Crippen molar-refractivity contribution in [2.24, 2.45) is 0 Å². The van der Waals surface area contributed by atoms with Crippen LogP contribution < -0.4 is 10.2 Å². The van der Waals surface area contributed by atoms with E-state index < -0.39 is 11.6 Å². The summed E-state index contributed by atoms with van der Waals surface area (Å²) >= 11 is 0. The second-order valence-corrected chi connectivity index (χ2v) is 10.3. The SMILES string of the molecule is CCc1ccc(C(C(=O)NC(C)(C)C)N(C(=O)Cn2nnc3ccccc32)c2ccc(C(C)=O)cc2)cc1. The summed E-state index contributed by atoms with van der Waals surface area (Å²) in [4.78, 5) is 41.3. The summed E-state index contributed by atoms with van der Waals surface area (Å²) in [6, 6.07) is 20.9. The number of aryl methyl sites for hydroxylation is 1. The average molecular weight is 512 g/mol. The van der Waals surface area contributed by atoms with Gasteiger partial charge in [0.15, 0.2) is 5.78 Å². The van der Waals surface area contributed by atoms with E-state index in [1.807, 2.05) is 69.3 Å². The van der Waals surface area contributed by atoms with Crippen LogP contribution in [0.4, 0.5) is 5.69 Å². The number of amides is 2. The number of benzene rings is 3. The molecule has 1 heterocycles. The second-order valence-electron chi connectivity index (χ2n) is 10.3. The Morgan fingerprint density at radius 3 is 2.21 bits per heavy atom. The Balaban J connectivity index is 1.83. The molecule has 1 atom stereocenters. The number of para-hydroxylation sites is 1. The second kappa shape index (κ2) is 11.0. The van der Waals surface area contributed by atoms with Crippen LogP contribution in [0.25, 0.3) is 11.0 Å². The van der Waals surface area contributed by atoms with Crippen molar-refractivity contribution in [1.82, 2.24) is 20.3 Å². The fourth-order valence-electron chi connectivity index (χ4n) is 4.32. The molecular formula is C30H33N5O3. The lowest BCUT2D eigenvalue weighted by molar-refractivity contribution is -0.128. The molecule has 3 aromatic carbocycles. The Morgan fingerprint density at radius 2 is 1.61 bits per heavy atom. The van der Waals surface area contributed by atoms with Gasteiger partial charge in [0.25, 0.3) is 0 Å². The standard InChI is InChI=1S/C30H33N5O3/c1-6-21-11-13-23(14-12-21)28(29(38)31-30(3,4)5)35(24-17-15-22(16-18-24)20(2)36)27(37)19-34-26-10-8-7-9-25(26)32-33-34/h7-18,28H,6,19H2,1-5H3,(H,31,38). The molecule has 0 aliphatic heterocycles. The zero-order valence-corrected chi connectivity index (χ0v) is 22.4. The van der Waals surface area contributed by atoms with Gasteiger partial charge < -0.3 is 5.32 Å². The molecule has 1 unspecified atom stereocenters. The Kier molecular flexibility index (Phi) is 7.71. The van der Waals surface area contributed by atoms with Crippen LogP contribution in [0.5, 0.6) is 0 Å². The maximum atomic E-state index is 14.1. The van der Waals surface area contributed by atoms with Gasteiger partial charge in [0.05, 0.1) is 5.52 Å². The first-order chi connectivity index (χ1) is 18.1. The Bertz CT molecular complexity index is 1450. The number of carbonyl (C=O) groups is 3. The zero-order chi connectivity index (χ0) is 27.4. The van der Waals surface area contributed by atoms with Crippen LogP contribution in [0.2, 0.25) is 0 Å². The van der Waals surface area contributed by atoms with Crippen LogP contribution >= 0.6 is 0 Å². The van der Waals surface area contributed by atoms with Crippen molar-refractivity contribution >= 4 is 34.3 Å². The average Bonchev–Trinajstić information content (AvgIpc) is 3.29. The molecule has 0 saturated carbocycles. The van der Waals surface area contributed by atoms with Crippen molar-refractivity contribution in [2.75, 3.05) is 4.90 Å². The Morgan fingerprint density at radius 1 is 0.947 bits per heavy atom. The van der Waals surface area contributed by atoms with E-state index in [0.29, 0.717) is 22.3 Å². The van der Waals surface area contributed by atoms with Crippen LogP contribution in [0.3, 0.4) is 0 Å². The molecule has 0 aliphatic rings. The van der Waals surface area contributed by atoms with Crippen LogP contribution in [0, 0.1) is 0 Å². The summed E-state index contributed by atoms with van der Waals surface area (Å²) in [5.41, 5.74) is 3.70. The summed E-state index contributed by atoms with van der Waals surface area (Å²) < 4.78 is 1.54. The van der Waals surface area contributed by atoms with E-state index >= 15 is 0 Å². The minimum atomic E-state index is -0.953. The Labute approximate surface area is 222 Å². The number of ketones is 1. The number of aromatic nitrogens is 3. The largest absolute Gasteiger partial charge is 0.349 e. The van der Waals surface area contributed by atoms with E-state index in [0.717, 1.165) is 17.5 Å². The molecular weight excluding hydrogens is 478 g/mol. The molecule has 4 rings (SSSR count). The zero-order valence-electron chi connectivity index (χ0n) is 22.4. The van der Waals surface area contributed by atoms with Crippen LogP contribution in [0.15, 0.2) is 72.8 Å². The lowest BCUT2D eigenvalue weighted by atomic mass is 9.98. The molecule has 0 bridgehead atoms. The summed E-state index contributed by atoms with van der Waals surface area (Å²) in [7, 11) is 0. The molecule has 0 saturated heterocycles. The fraction of sp³-hybridized carbons (Fsp3) is 0.300. The topological polar surface area (TPSA) is 97.2 Å². The first-order valence-corrected chi connectivity index (χ1v) is 12.7. The minimum Gasteiger partial charge on any atom is -0.349 e. The van der Waals surface area contributed by atoms with E-state index in [-0.39, 0.29) is 24.1 Å². The van der Waals surface area contributed by atoms with E-state index in [2.05, 4.69) is 22.6 Å². The number of fused-ring (bicyclic) bond motifs is 1. The highest BCUT2D eigenvalue weighted by molar-refractivity contribution is 6.02. The maximum Gasteiger partial charge on any atom is 0.249 e. The highest BCUT2D eigenvalue weighted by atomic mass is 16.2. The number of rotatable bonds is 8. The molecule has 0 spiro atoms. The third-order valence-corrected chi connectivity index (χ3v) is 6.23. The van der Waals surface area contributed by atoms with Gasteiger partial charge in [-0.1, -0.05) is 48.5 Å².